The number of carbonyl (C=O) groups is 2. The fraction of sp³-hybridized carbons (Fsp3) is 0.545. The highest BCUT2D eigenvalue weighted by molar-refractivity contribution is 7.07. The number of rotatable bonds is 5. The third kappa shape index (κ3) is 4.14. The maximum absolute atomic E-state index is 11.8. The van der Waals surface area contributed by atoms with E-state index < -0.39 is 6.04 Å². The Kier molecular flexibility index (Phi) is 5.09. The highest BCUT2D eigenvalue weighted by Crippen LogP contribution is 2.07. The van der Waals surface area contributed by atoms with Crippen LogP contribution in [-0.4, -0.2) is 29.9 Å². The predicted octanol–water partition coefficient (Wildman–Crippen LogP) is 1.03. The zero-order chi connectivity index (χ0) is 12.8. The zero-order valence-corrected chi connectivity index (χ0v) is 11.0. The van der Waals surface area contributed by atoms with Crippen LogP contribution in [0.2, 0.25) is 0 Å². The maximum Gasteiger partial charge on any atom is 0.271 e. The molecule has 1 unspecified atom stereocenters. The van der Waals surface area contributed by atoms with Gasteiger partial charge in [-0.1, -0.05) is 13.8 Å². The lowest BCUT2D eigenvalue weighted by Gasteiger charge is -2.18. The molecular formula is C11H17N3O2S. The number of thiazole rings is 1. The first-order valence-corrected chi connectivity index (χ1v) is 6.39. The predicted molar refractivity (Wildman–Crippen MR) is 66.9 cm³/mol. The molecule has 1 rings (SSSR count). The minimum Gasteiger partial charge on any atom is -0.357 e. The third-order valence-electron chi connectivity index (χ3n) is 2.24. The van der Waals surface area contributed by atoms with Crippen molar-refractivity contribution in [3.8, 4) is 0 Å². The molecule has 0 fully saturated rings. The average molecular weight is 255 g/mol. The molecule has 94 valence electrons. The largest absolute Gasteiger partial charge is 0.357 e. The Morgan fingerprint density at radius 3 is 2.65 bits per heavy atom. The normalized spacial score (nSPS) is 12.2. The molecule has 0 aliphatic heterocycles. The average Bonchev–Trinajstić information content (AvgIpc) is 2.79. The number of hydrogen-bond donors (Lipinski definition) is 2. The van der Waals surface area contributed by atoms with Crippen molar-refractivity contribution in [2.75, 3.05) is 7.05 Å². The number of likely N-dealkylation sites (N-methyl/N-ethyl adjacent to an activating group) is 1. The molecule has 0 aromatic carbocycles. The highest BCUT2D eigenvalue weighted by atomic mass is 32.1. The van der Waals surface area contributed by atoms with E-state index in [0.29, 0.717) is 18.0 Å². The van der Waals surface area contributed by atoms with Gasteiger partial charge in [0.1, 0.15) is 11.7 Å². The topological polar surface area (TPSA) is 71.1 Å². The standard InChI is InChI=1S/C11H17N3O2S/c1-7(2)4-8(10(15)12-3)14-11(16)9-5-17-6-13-9/h5-8H,4H2,1-3H3,(H,12,15)(H,14,16). The molecule has 1 aromatic heterocycles. The Hall–Kier alpha value is -1.43. The van der Waals surface area contributed by atoms with Crippen molar-refractivity contribution >= 4 is 23.2 Å². The monoisotopic (exact) mass is 255 g/mol. The Labute approximate surface area is 105 Å². The van der Waals surface area contributed by atoms with E-state index in [9.17, 15) is 9.59 Å². The van der Waals surface area contributed by atoms with Crippen LogP contribution in [-0.2, 0) is 4.79 Å². The Bertz CT molecular complexity index is 376. The summed E-state index contributed by atoms with van der Waals surface area (Å²) in [5.41, 5.74) is 1.94. The summed E-state index contributed by atoms with van der Waals surface area (Å²) >= 11 is 1.35. The van der Waals surface area contributed by atoms with Crippen LogP contribution in [0.4, 0.5) is 0 Å². The molecule has 1 aromatic rings. The molecule has 0 aliphatic carbocycles. The van der Waals surface area contributed by atoms with E-state index in [4.69, 9.17) is 0 Å². The molecule has 0 bridgehead atoms. The summed E-state index contributed by atoms with van der Waals surface area (Å²) in [5.74, 6) is -0.157. The van der Waals surface area contributed by atoms with Crippen molar-refractivity contribution in [2.45, 2.75) is 26.3 Å². The number of nitrogens with one attached hydrogen (secondary N) is 2. The number of amides is 2. The zero-order valence-electron chi connectivity index (χ0n) is 10.2. The summed E-state index contributed by atoms with van der Waals surface area (Å²) in [6, 6.07) is -0.505. The van der Waals surface area contributed by atoms with Crippen LogP contribution >= 0.6 is 11.3 Å². The van der Waals surface area contributed by atoms with Gasteiger partial charge >= 0.3 is 0 Å². The lowest BCUT2D eigenvalue weighted by atomic mass is 10.0. The summed E-state index contributed by atoms with van der Waals surface area (Å²) in [5, 5.41) is 6.90. The SMILES string of the molecule is CNC(=O)C(CC(C)C)NC(=O)c1cscn1. The molecule has 0 aliphatic rings. The minimum atomic E-state index is -0.505. The minimum absolute atomic E-state index is 0.178. The van der Waals surface area contributed by atoms with Crippen molar-refractivity contribution in [1.29, 1.82) is 0 Å². The van der Waals surface area contributed by atoms with Gasteiger partial charge in [0, 0.05) is 12.4 Å². The molecule has 1 heterocycles. The lowest BCUT2D eigenvalue weighted by molar-refractivity contribution is -0.122. The molecule has 17 heavy (non-hydrogen) atoms. The van der Waals surface area contributed by atoms with E-state index in [-0.39, 0.29) is 11.8 Å². The summed E-state index contributed by atoms with van der Waals surface area (Å²) in [6.45, 7) is 4.01. The fourth-order valence-electron chi connectivity index (χ4n) is 1.43. The van der Waals surface area contributed by atoms with E-state index in [1.807, 2.05) is 13.8 Å². The van der Waals surface area contributed by atoms with E-state index in [0.717, 1.165) is 0 Å². The second-order valence-electron chi connectivity index (χ2n) is 4.14. The second kappa shape index (κ2) is 6.34. The Morgan fingerprint density at radius 2 is 2.18 bits per heavy atom. The maximum atomic E-state index is 11.8. The first-order valence-electron chi connectivity index (χ1n) is 5.45. The van der Waals surface area contributed by atoms with Crippen molar-refractivity contribution < 1.29 is 9.59 Å². The summed E-state index contributed by atoms with van der Waals surface area (Å²) in [4.78, 5) is 27.3. The van der Waals surface area contributed by atoms with Gasteiger partial charge in [-0.05, 0) is 12.3 Å². The van der Waals surface area contributed by atoms with Gasteiger partial charge < -0.3 is 10.6 Å². The molecule has 2 amide bonds. The van der Waals surface area contributed by atoms with Gasteiger partial charge in [0.05, 0.1) is 5.51 Å². The van der Waals surface area contributed by atoms with Crippen LogP contribution in [0, 0.1) is 5.92 Å². The van der Waals surface area contributed by atoms with Crippen molar-refractivity contribution in [2.24, 2.45) is 5.92 Å². The first kappa shape index (κ1) is 13.6. The molecule has 0 radical (unpaired) electrons. The summed E-state index contributed by atoms with van der Waals surface area (Å²) in [7, 11) is 1.56. The van der Waals surface area contributed by atoms with Gasteiger partial charge in [-0.3, -0.25) is 9.59 Å². The number of nitrogens with zero attached hydrogens (tertiary/aromatic N) is 1. The van der Waals surface area contributed by atoms with Gasteiger partial charge in [-0.25, -0.2) is 4.98 Å². The Morgan fingerprint density at radius 1 is 1.47 bits per heavy atom. The van der Waals surface area contributed by atoms with Crippen LogP contribution in [0.5, 0.6) is 0 Å². The Balaban J connectivity index is 2.66. The van der Waals surface area contributed by atoms with E-state index >= 15 is 0 Å². The first-order chi connectivity index (χ1) is 8.04. The molecule has 0 spiro atoms. The number of aromatic nitrogens is 1. The quantitative estimate of drug-likeness (QED) is 0.825. The van der Waals surface area contributed by atoms with Gasteiger partial charge in [-0.2, -0.15) is 0 Å². The van der Waals surface area contributed by atoms with Gasteiger partial charge in [-0.15, -0.1) is 11.3 Å². The molecule has 2 N–H and O–H groups in total. The second-order valence-corrected chi connectivity index (χ2v) is 4.86. The van der Waals surface area contributed by atoms with E-state index in [2.05, 4.69) is 15.6 Å². The smallest absolute Gasteiger partial charge is 0.271 e. The molecule has 5 nitrogen and oxygen atoms in total. The third-order valence-corrected chi connectivity index (χ3v) is 2.83. The van der Waals surface area contributed by atoms with Crippen LogP contribution in [0.3, 0.4) is 0 Å². The van der Waals surface area contributed by atoms with Crippen molar-refractivity contribution in [3.63, 3.8) is 0 Å². The van der Waals surface area contributed by atoms with Crippen LogP contribution < -0.4 is 10.6 Å². The van der Waals surface area contributed by atoms with Gasteiger partial charge in [0.15, 0.2) is 0 Å². The molecule has 0 saturated heterocycles. The summed E-state index contributed by atoms with van der Waals surface area (Å²) < 4.78 is 0. The van der Waals surface area contributed by atoms with Crippen LogP contribution in [0.25, 0.3) is 0 Å². The molecular weight excluding hydrogens is 238 g/mol. The van der Waals surface area contributed by atoms with Gasteiger partial charge in [0.2, 0.25) is 5.91 Å². The molecule has 6 heteroatoms. The van der Waals surface area contributed by atoms with Gasteiger partial charge in [0.25, 0.3) is 5.91 Å². The van der Waals surface area contributed by atoms with Crippen molar-refractivity contribution in [3.05, 3.63) is 16.6 Å². The lowest BCUT2D eigenvalue weighted by Crippen LogP contribution is -2.46. The number of carbonyl (C=O) groups excluding carboxylic acids is 2. The van der Waals surface area contributed by atoms with Crippen LogP contribution in [0.1, 0.15) is 30.8 Å². The fourth-order valence-corrected chi connectivity index (χ4v) is 1.97. The molecule has 1 atom stereocenters. The van der Waals surface area contributed by atoms with E-state index in [1.54, 1.807) is 17.9 Å². The van der Waals surface area contributed by atoms with Crippen LogP contribution in [0.15, 0.2) is 10.9 Å². The highest BCUT2D eigenvalue weighted by Gasteiger charge is 2.21. The number of hydrogen-bond acceptors (Lipinski definition) is 4. The summed E-state index contributed by atoms with van der Waals surface area (Å²) in [6.07, 6.45) is 0.607. The van der Waals surface area contributed by atoms with Crippen molar-refractivity contribution in [1.82, 2.24) is 15.6 Å². The molecule has 0 saturated carbocycles. The van der Waals surface area contributed by atoms with E-state index in [1.165, 1.54) is 11.3 Å².